The molecule has 0 heterocycles. The third-order valence-electron chi connectivity index (χ3n) is 5.78. The first-order chi connectivity index (χ1) is 13.3. The lowest BCUT2D eigenvalue weighted by molar-refractivity contribution is 0.370. The molecule has 0 unspecified atom stereocenters. The minimum Gasteiger partial charge on any atom is -0.508 e. The highest BCUT2D eigenvalue weighted by Gasteiger charge is 2.26. The van der Waals surface area contributed by atoms with Crippen LogP contribution in [-0.2, 0) is 0 Å². The molecule has 3 N–H and O–H groups in total. The minimum atomic E-state index is -0.284. The Kier molecular flexibility index (Phi) is 5.23. The fraction of sp³-hybridized carbons (Fsp3) is 0.250. The Bertz CT molecular complexity index is 980. The topological polar surface area (TPSA) is 69.9 Å². The highest BCUT2D eigenvalue weighted by atomic mass is 16.5. The van der Waals surface area contributed by atoms with Crippen LogP contribution in [0.5, 0.6) is 23.0 Å². The highest BCUT2D eigenvalue weighted by molar-refractivity contribution is 5.59. The van der Waals surface area contributed by atoms with E-state index in [0.29, 0.717) is 11.3 Å². The van der Waals surface area contributed by atoms with Crippen molar-refractivity contribution in [3.63, 3.8) is 0 Å². The number of phenolic OH excluding ortho intramolecular Hbond substituents is 3. The summed E-state index contributed by atoms with van der Waals surface area (Å²) in [6.07, 6.45) is 0. The SMILES string of the molecule is COc1cccc(C(c2ccc(O)c(C)c2C)c2ccc(O)c(C)c2C)c1O. The van der Waals surface area contributed by atoms with E-state index >= 15 is 0 Å². The van der Waals surface area contributed by atoms with Crippen molar-refractivity contribution in [3.05, 3.63) is 81.4 Å². The van der Waals surface area contributed by atoms with Gasteiger partial charge in [-0.05, 0) is 79.3 Å². The predicted molar refractivity (Wildman–Crippen MR) is 111 cm³/mol. The molecule has 0 saturated carbocycles. The molecule has 0 amide bonds. The van der Waals surface area contributed by atoms with E-state index in [1.807, 2.05) is 52.0 Å². The molecule has 28 heavy (non-hydrogen) atoms. The Balaban J connectivity index is 2.37. The highest BCUT2D eigenvalue weighted by Crippen LogP contribution is 2.45. The normalized spacial score (nSPS) is 11.1. The van der Waals surface area contributed by atoms with Gasteiger partial charge in [0, 0.05) is 11.5 Å². The molecule has 0 aromatic heterocycles. The van der Waals surface area contributed by atoms with Crippen LogP contribution in [0.4, 0.5) is 0 Å². The van der Waals surface area contributed by atoms with Gasteiger partial charge in [0.25, 0.3) is 0 Å². The maximum Gasteiger partial charge on any atom is 0.161 e. The third-order valence-corrected chi connectivity index (χ3v) is 5.78. The van der Waals surface area contributed by atoms with Crippen molar-refractivity contribution in [2.45, 2.75) is 33.6 Å². The average molecular weight is 378 g/mol. The minimum absolute atomic E-state index is 0.0882. The predicted octanol–water partition coefficient (Wildman–Crippen LogP) is 5.23. The Morgan fingerprint density at radius 2 is 1.14 bits per heavy atom. The lowest BCUT2D eigenvalue weighted by Gasteiger charge is -2.26. The summed E-state index contributed by atoms with van der Waals surface area (Å²) < 4.78 is 5.32. The van der Waals surface area contributed by atoms with Gasteiger partial charge >= 0.3 is 0 Å². The number of methoxy groups -OCH3 is 1. The summed E-state index contributed by atoms with van der Waals surface area (Å²) in [6.45, 7) is 7.70. The Hall–Kier alpha value is -3.14. The summed E-state index contributed by atoms with van der Waals surface area (Å²) in [5, 5.41) is 31.1. The van der Waals surface area contributed by atoms with Gasteiger partial charge in [0.15, 0.2) is 11.5 Å². The molecule has 3 aromatic carbocycles. The van der Waals surface area contributed by atoms with Gasteiger partial charge in [-0.2, -0.15) is 0 Å². The number of para-hydroxylation sites is 1. The molecule has 0 aliphatic carbocycles. The number of hydrogen-bond acceptors (Lipinski definition) is 4. The number of benzene rings is 3. The summed E-state index contributed by atoms with van der Waals surface area (Å²) in [5.74, 6) is 0.699. The van der Waals surface area contributed by atoms with Crippen LogP contribution in [0.25, 0.3) is 0 Å². The van der Waals surface area contributed by atoms with Crippen molar-refractivity contribution in [2.24, 2.45) is 0 Å². The molecule has 0 aliphatic heterocycles. The smallest absolute Gasteiger partial charge is 0.161 e. The zero-order valence-electron chi connectivity index (χ0n) is 16.9. The maximum atomic E-state index is 10.9. The molecule has 3 aromatic rings. The van der Waals surface area contributed by atoms with Crippen LogP contribution in [0, 0.1) is 27.7 Å². The fourth-order valence-corrected chi connectivity index (χ4v) is 3.72. The van der Waals surface area contributed by atoms with Crippen LogP contribution in [0.3, 0.4) is 0 Å². The molecule has 0 saturated heterocycles. The molecule has 0 aliphatic rings. The lowest BCUT2D eigenvalue weighted by Crippen LogP contribution is -2.09. The summed E-state index contributed by atoms with van der Waals surface area (Å²) in [4.78, 5) is 0. The monoisotopic (exact) mass is 378 g/mol. The van der Waals surface area contributed by atoms with Gasteiger partial charge in [0.2, 0.25) is 0 Å². The number of aromatic hydroxyl groups is 3. The Morgan fingerprint density at radius 3 is 1.61 bits per heavy atom. The number of phenols is 3. The zero-order chi connectivity index (χ0) is 20.6. The summed E-state index contributed by atoms with van der Waals surface area (Å²) >= 11 is 0. The maximum absolute atomic E-state index is 10.9. The van der Waals surface area contributed by atoms with Crippen LogP contribution in [-0.4, -0.2) is 22.4 Å². The van der Waals surface area contributed by atoms with Gasteiger partial charge in [-0.1, -0.05) is 24.3 Å². The lowest BCUT2D eigenvalue weighted by atomic mass is 9.79. The van der Waals surface area contributed by atoms with Gasteiger partial charge in [0.1, 0.15) is 11.5 Å². The first-order valence-electron chi connectivity index (χ1n) is 9.21. The van der Waals surface area contributed by atoms with Crippen molar-refractivity contribution < 1.29 is 20.1 Å². The van der Waals surface area contributed by atoms with Crippen molar-refractivity contribution in [1.29, 1.82) is 0 Å². The number of ether oxygens (including phenoxy) is 1. The number of hydrogen-bond donors (Lipinski definition) is 3. The second-order valence-electron chi connectivity index (χ2n) is 7.18. The first kappa shape index (κ1) is 19.6. The van der Waals surface area contributed by atoms with Crippen molar-refractivity contribution >= 4 is 0 Å². The van der Waals surface area contributed by atoms with Crippen LogP contribution < -0.4 is 4.74 Å². The second-order valence-corrected chi connectivity index (χ2v) is 7.18. The van der Waals surface area contributed by atoms with E-state index in [-0.39, 0.29) is 23.2 Å². The van der Waals surface area contributed by atoms with E-state index in [1.165, 1.54) is 7.11 Å². The summed E-state index contributed by atoms with van der Waals surface area (Å²) in [7, 11) is 1.53. The van der Waals surface area contributed by atoms with Gasteiger partial charge in [0.05, 0.1) is 7.11 Å². The molecule has 0 fully saturated rings. The summed E-state index contributed by atoms with van der Waals surface area (Å²) in [6, 6.07) is 12.6. The average Bonchev–Trinajstić information content (AvgIpc) is 2.68. The molecule has 4 nitrogen and oxygen atoms in total. The van der Waals surface area contributed by atoms with E-state index < -0.39 is 0 Å². The van der Waals surface area contributed by atoms with Crippen LogP contribution >= 0.6 is 0 Å². The second kappa shape index (κ2) is 7.47. The Morgan fingerprint density at radius 1 is 0.643 bits per heavy atom. The fourth-order valence-electron chi connectivity index (χ4n) is 3.72. The quantitative estimate of drug-likeness (QED) is 0.544. The van der Waals surface area contributed by atoms with Gasteiger partial charge in [-0.25, -0.2) is 0 Å². The van der Waals surface area contributed by atoms with E-state index in [2.05, 4.69) is 0 Å². The molecule has 0 atom stereocenters. The van der Waals surface area contributed by atoms with Gasteiger partial charge in [-0.15, -0.1) is 0 Å². The van der Waals surface area contributed by atoms with Gasteiger partial charge < -0.3 is 20.1 Å². The molecule has 3 rings (SSSR count). The molecule has 0 spiro atoms. The molecule has 0 radical (unpaired) electrons. The standard InChI is InChI=1S/C24H26O4/c1-13-15(3)20(25)11-9-17(13)23(18-10-12-21(26)16(4)14(18)2)19-7-6-8-22(28-5)24(19)27/h6-12,23,25-27H,1-5H3. The molecule has 0 bridgehead atoms. The van der Waals surface area contributed by atoms with Gasteiger partial charge in [-0.3, -0.25) is 0 Å². The van der Waals surface area contributed by atoms with Crippen molar-refractivity contribution in [1.82, 2.24) is 0 Å². The largest absolute Gasteiger partial charge is 0.508 e. The van der Waals surface area contributed by atoms with Crippen LogP contribution in [0.2, 0.25) is 0 Å². The van der Waals surface area contributed by atoms with E-state index in [1.54, 1.807) is 18.2 Å². The Labute approximate surface area is 165 Å². The molecular weight excluding hydrogens is 352 g/mol. The van der Waals surface area contributed by atoms with Crippen LogP contribution in [0.15, 0.2) is 42.5 Å². The zero-order valence-corrected chi connectivity index (χ0v) is 16.9. The number of rotatable bonds is 4. The summed E-state index contributed by atoms with van der Waals surface area (Å²) in [5.41, 5.74) is 6.19. The third kappa shape index (κ3) is 3.15. The van der Waals surface area contributed by atoms with Crippen molar-refractivity contribution in [3.8, 4) is 23.0 Å². The van der Waals surface area contributed by atoms with E-state index in [4.69, 9.17) is 4.74 Å². The van der Waals surface area contributed by atoms with E-state index in [0.717, 1.165) is 33.4 Å². The van der Waals surface area contributed by atoms with Crippen LogP contribution in [0.1, 0.15) is 44.9 Å². The molecule has 146 valence electrons. The van der Waals surface area contributed by atoms with E-state index in [9.17, 15) is 15.3 Å². The first-order valence-corrected chi connectivity index (χ1v) is 9.21. The molecular formula is C24H26O4. The van der Waals surface area contributed by atoms with Crippen molar-refractivity contribution in [2.75, 3.05) is 7.11 Å². The molecule has 4 heteroatoms.